The number of ether oxygens (including phenoxy) is 1. The molecule has 0 amide bonds. The molecule has 0 radical (unpaired) electrons. The zero-order valence-electron chi connectivity index (χ0n) is 10.4. The van der Waals surface area contributed by atoms with Gasteiger partial charge in [0, 0.05) is 6.42 Å². The van der Waals surface area contributed by atoms with Gasteiger partial charge in [0.25, 0.3) is 0 Å². The minimum absolute atomic E-state index is 0.439. The van der Waals surface area contributed by atoms with Gasteiger partial charge in [-0.2, -0.15) is 0 Å². The number of aryl methyl sites for hydroxylation is 1. The Kier molecular flexibility index (Phi) is 2.62. The summed E-state index contributed by atoms with van der Waals surface area (Å²) in [6.45, 7) is 2.93. The molecule has 92 valence electrons. The Morgan fingerprint density at radius 2 is 2.12 bits per heavy atom. The maximum atomic E-state index is 10.0. The molecule has 0 atom stereocenters. The second-order valence-corrected chi connectivity index (χ2v) is 5.77. The molecule has 0 heterocycles. The normalized spacial score (nSPS) is 21.3. The second-order valence-electron chi connectivity index (χ2n) is 5.77. The van der Waals surface area contributed by atoms with Crippen molar-refractivity contribution in [2.45, 2.75) is 44.6 Å². The molecule has 17 heavy (non-hydrogen) atoms. The highest BCUT2D eigenvalue weighted by molar-refractivity contribution is 5.38. The van der Waals surface area contributed by atoms with Crippen LogP contribution in [0.2, 0.25) is 0 Å². The van der Waals surface area contributed by atoms with E-state index in [1.165, 1.54) is 24.0 Å². The predicted molar refractivity (Wildman–Crippen MR) is 67.3 cm³/mol. The summed E-state index contributed by atoms with van der Waals surface area (Å²) in [6.07, 6.45) is 5.23. The van der Waals surface area contributed by atoms with Gasteiger partial charge in [0.15, 0.2) is 0 Å². The predicted octanol–water partition coefficient (Wildman–Crippen LogP) is 2.85. The fourth-order valence-corrected chi connectivity index (χ4v) is 2.15. The van der Waals surface area contributed by atoms with Crippen LogP contribution in [0.5, 0.6) is 5.75 Å². The Hall–Kier alpha value is -1.02. The van der Waals surface area contributed by atoms with E-state index in [2.05, 4.69) is 25.1 Å². The minimum Gasteiger partial charge on any atom is -0.493 e. The zero-order valence-corrected chi connectivity index (χ0v) is 10.4. The van der Waals surface area contributed by atoms with Gasteiger partial charge in [-0.25, -0.2) is 0 Å². The maximum Gasteiger partial charge on any atom is 0.122 e. The molecule has 0 unspecified atom stereocenters. The molecule has 3 rings (SSSR count). The molecule has 0 bridgehead atoms. The third-order valence-electron chi connectivity index (χ3n) is 3.73. The first-order chi connectivity index (χ1) is 8.15. The lowest BCUT2D eigenvalue weighted by Gasteiger charge is -2.14. The quantitative estimate of drug-likeness (QED) is 0.846. The van der Waals surface area contributed by atoms with Crippen molar-refractivity contribution < 1.29 is 9.84 Å². The van der Waals surface area contributed by atoms with Crippen LogP contribution in [0.25, 0.3) is 0 Å². The van der Waals surface area contributed by atoms with Crippen molar-refractivity contribution in [2.75, 3.05) is 6.61 Å². The number of hydrogen-bond acceptors (Lipinski definition) is 2. The molecule has 2 fully saturated rings. The van der Waals surface area contributed by atoms with Gasteiger partial charge in [0.05, 0.1) is 12.2 Å². The third kappa shape index (κ3) is 2.81. The highest BCUT2D eigenvalue weighted by Gasteiger charge is 2.40. The first kappa shape index (κ1) is 11.1. The first-order valence-corrected chi connectivity index (χ1v) is 6.59. The topological polar surface area (TPSA) is 29.5 Å². The number of aliphatic hydroxyl groups is 1. The summed E-state index contributed by atoms with van der Waals surface area (Å²) in [5.74, 6) is 1.75. The Bertz CT molecular complexity index is 417. The average molecular weight is 232 g/mol. The minimum atomic E-state index is -0.439. The molecule has 0 aliphatic heterocycles. The Morgan fingerprint density at radius 3 is 2.76 bits per heavy atom. The monoisotopic (exact) mass is 232 g/mol. The molecule has 2 heteroatoms. The van der Waals surface area contributed by atoms with Crippen LogP contribution in [0.3, 0.4) is 0 Å². The molecule has 1 aromatic carbocycles. The van der Waals surface area contributed by atoms with E-state index in [-0.39, 0.29) is 0 Å². The summed E-state index contributed by atoms with van der Waals surface area (Å²) >= 11 is 0. The fourth-order valence-electron chi connectivity index (χ4n) is 2.15. The standard InChI is InChI=1S/C15H20O2/c1-11-2-5-14(17-10-12-3-4-12)13(8-11)9-15(16)6-7-15/h2,5,8,12,16H,3-4,6-7,9-10H2,1H3. The van der Waals surface area contributed by atoms with Gasteiger partial charge >= 0.3 is 0 Å². The van der Waals surface area contributed by atoms with E-state index in [1.54, 1.807) is 0 Å². The molecule has 2 saturated carbocycles. The summed E-state index contributed by atoms with van der Waals surface area (Å²) < 4.78 is 5.88. The van der Waals surface area contributed by atoms with Crippen molar-refractivity contribution in [3.05, 3.63) is 29.3 Å². The summed E-state index contributed by atoms with van der Waals surface area (Å²) in [7, 11) is 0. The number of rotatable bonds is 5. The van der Waals surface area contributed by atoms with E-state index >= 15 is 0 Å². The van der Waals surface area contributed by atoms with Gasteiger partial charge < -0.3 is 9.84 Å². The molecule has 1 N–H and O–H groups in total. The molecular weight excluding hydrogens is 212 g/mol. The smallest absolute Gasteiger partial charge is 0.122 e. The summed E-state index contributed by atoms with van der Waals surface area (Å²) in [4.78, 5) is 0. The van der Waals surface area contributed by atoms with E-state index in [1.807, 2.05) is 0 Å². The van der Waals surface area contributed by atoms with Crippen LogP contribution in [-0.2, 0) is 6.42 Å². The maximum absolute atomic E-state index is 10.0. The lowest BCUT2D eigenvalue weighted by atomic mass is 10.0. The van der Waals surface area contributed by atoms with Crippen LogP contribution in [0.1, 0.15) is 36.8 Å². The van der Waals surface area contributed by atoms with Crippen LogP contribution in [0.15, 0.2) is 18.2 Å². The van der Waals surface area contributed by atoms with Gasteiger partial charge in [0.2, 0.25) is 0 Å². The van der Waals surface area contributed by atoms with Gasteiger partial charge in [-0.05, 0) is 50.2 Å². The molecular formula is C15H20O2. The Morgan fingerprint density at radius 1 is 1.35 bits per heavy atom. The van der Waals surface area contributed by atoms with Crippen LogP contribution in [0.4, 0.5) is 0 Å². The summed E-state index contributed by atoms with van der Waals surface area (Å²) in [5, 5.41) is 10.0. The molecule has 2 aliphatic carbocycles. The van der Waals surface area contributed by atoms with Crippen LogP contribution < -0.4 is 4.74 Å². The van der Waals surface area contributed by atoms with E-state index in [0.29, 0.717) is 0 Å². The molecule has 1 aromatic rings. The van der Waals surface area contributed by atoms with Gasteiger partial charge in [-0.3, -0.25) is 0 Å². The lowest BCUT2D eigenvalue weighted by Crippen LogP contribution is -2.12. The lowest BCUT2D eigenvalue weighted by molar-refractivity contribution is 0.149. The van der Waals surface area contributed by atoms with Crippen molar-refractivity contribution in [3.63, 3.8) is 0 Å². The van der Waals surface area contributed by atoms with E-state index in [4.69, 9.17) is 4.74 Å². The fraction of sp³-hybridized carbons (Fsp3) is 0.600. The number of benzene rings is 1. The Labute approximate surface area is 103 Å². The van der Waals surface area contributed by atoms with Gasteiger partial charge in [-0.15, -0.1) is 0 Å². The SMILES string of the molecule is Cc1ccc(OCC2CC2)c(CC2(O)CC2)c1. The molecule has 2 aliphatic rings. The number of hydrogen-bond donors (Lipinski definition) is 1. The van der Waals surface area contributed by atoms with Gasteiger partial charge in [-0.1, -0.05) is 17.7 Å². The Balaban J connectivity index is 1.74. The van der Waals surface area contributed by atoms with Crippen LogP contribution >= 0.6 is 0 Å². The highest BCUT2D eigenvalue weighted by atomic mass is 16.5. The van der Waals surface area contributed by atoms with Crippen molar-refractivity contribution in [3.8, 4) is 5.75 Å². The zero-order chi connectivity index (χ0) is 11.9. The van der Waals surface area contributed by atoms with E-state index in [9.17, 15) is 5.11 Å². The third-order valence-corrected chi connectivity index (χ3v) is 3.73. The largest absolute Gasteiger partial charge is 0.493 e. The summed E-state index contributed by atoms with van der Waals surface area (Å²) in [5.41, 5.74) is 1.97. The van der Waals surface area contributed by atoms with Crippen molar-refractivity contribution >= 4 is 0 Å². The van der Waals surface area contributed by atoms with Crippen LogP contribution in [-0.4, -0.2) is 17.3 Å². The summed E-state index contributed by atoms with van der Waals surface area (Å²) in [6, 6.07) is 6.29. The van der Waals surface area contributed by atoms with Crippen LogP contribution in [0, 0.1) is 12.8 Å². The first-order valence-electron chi connectivity index (χ1n) is 6.59. The molecule has 0 saturated heterocycles. The molecule has 0 aromatic heterocycles. The van der Waals surface area contributed by atoms with Gasteiger partial charge in [0.1, 0.15) is 5.75 Å². The van der Waals surface area contributed by atoms with E-state index < -0.39 is 5.60 Å². The second kappa shape index (κ2) is 4.02. The average Bonchev–Trinajstić information content (AvgIpc) is 3.16. The van der Waals surface area contributed by atoms with Crippen molar-refractivity contribution in [1.82, 2.24) is 0 Å². The van der Waals surface area contributed by atoms with Crippen molar-refractivity contribution in [2.24, 2.45) is 5.92 Å². The van der Waals surface area contributed by atoms with Crippen molar-refractivity contribution in [1.29, 1.82) is 0 Å². The molecule has 0 spiro atoms. The highest BCUT2D eigenvalue weighted by Crippen LogP contribution is 2.40. The van der Waals surface area contributed by atoms with E-state index in [0.717, 1.165) is 37.5 Å². The molecule has 2 nitrogen and oxygen atoms in total.